The summed E-state index contributed by atoms with van der Waals surface area (Å²) in [6.07, 6.45) is 1.18. The first-order valence-corrected chi connectivity index (χ1v) is 4.14. The Bertz CT molecular complexity index is 224. The zero-order valence-corrected chi connectivity index (χ0v) is 7.78. The van der Waals surface area contributed by atoms with Gasteiger partial charge in [0.05, 0.1) is 6.20 Å². The number of thiazole rings is 1. The van der Waals surface area contributed by atoms with E-state index in [9.17, 15) is 0 Å². The maximum atomic E-state index is 5.66. The monoisotopic (exact) mass is 193 g/mol. The highest BCUT2D eigenvalue weighted by Crippen LogP contribution is 2.25. The molecule has 3 nitrogen and oxygen atoms in total. The quantitative estimate of drug-likeness (QED) is 0.689. The van der Waals surface area contributed by atoms with Gasteiger partial charge in [0.15, 0.2) is 5.01 Å². The molecule has 62 valence electrons. The van der Waals surface area contributed by atoms with Crippen LogP contribution in [0.1, 0.15) is 11.3 Å². The highest BCUT2D eigenvalue weighted by Gasteiger charge is 2.12. The number of nitrogens with zero attached hydrogens (tertiary/aromatic N) is 1. The molecule has 0 N–H and O–H groups in total. The lowest BCUT2D eigenvalue weighted by molar-refractivity contribution is -0.106. The van der Waals surface area contributed by atoms with Crippen LogP contribution in [0, 0.1) is 0 Å². The highest BCUT2D eigenvalue weighted by atomic mass is 35.5. The first-order chi connectivity index (χ1) is 5.27. The van der Waals surface area contributed by atoms with Crippen LogP contribution in [0.4, 0.5) is 0 Å². The Kier molecular flexibility index (Phi) is 3.26. The molecule has 1 heterocycles. The number of aromatic nitrogens is 1. The molecule has 0 aliphatic rings. The number of halogens is 1. The standard InChI is InChI=1S/C6H8ClNO2S/c1-9-6(10-2)5-8-3-4(7)11-5/h3,6H,1-2H3. The molecule has 1 aromatic heterocycles. The zero-order chi connectivity index (χ0) is 8.27. The van der Waals surface area contributed by atoms with Crippen molar-refractivity contribution in [2.45, 2.75) is 6.29 Å². The summed E-state index contributed by atoms with van der Waals surface area (Å²) < 4.78 is 10.6. The number of hydrogen-bond acceptors (Lipinski definition) is 4. The molecule has 5 heteroatoms. The van der Waals surface area contributed by atoms with Crippen LogP contribution in [0.15, 0.2) is 6.20 Å². The van der Waals surface area contributed by atoms with Crippen molar-refractivity contribution in [3.05, 3.63) is 15.5 Å². The van der Waals surface area contributed by atoms with Crippen molar-refractivity contribution in [2.75, 3.05) is 14.2 Å². The van der Waals surface area contributed by atoms with Gasteiger partial charge in [-0.05, 0) is 0 Å². The van der Waals surface area contributed by atoms with Gasteiger partial charge in [-0.25, -0.2) is 4.98 Å². The van der Waals surface area contributed by atoms with Gasteiger partial charge >= 0.3 is 0 Å². The third-order valence-corrected chi connectivity index (χ3v) is 2.26. The number of methoxy groups -OCH3 is 2. The predicted octanol–water partition coefficient (Wildman–Crippen LogP) is 2.09. The van der Waals surface area contributed by atoms with Gasteiger partial charge in [-0.1, -0.05) is 11.6 Å². The molecule has 0 aliphatic carbocycles. The molecule has 1 aromatic rings. The molecule has 0 atom stereocenters. The molecule has 0 amide bonds. The van der Waals surface area contributed by atoms with E-state index in [1.165, 1.54) is 11.3 Å². The lowest BCUT2D eigenvalue weighted by Gasteiger charge is -2.08. The Morgan fingerprint density at radius 1 is 1.55 bits per heavy atom. The summed E-state index contributed by atoms with van der Waals surface area (Å²) in [6.45, 7) is 0. The Balaban J connectivity index is 2.73. The summed E-state index contributed by atoms with van der Waals surface area (Å²) in [5, 5.41) is 0.736. The van der Waals surface area contributed by atoms with Crippen molar-refractivity contribution >= 4 is 22.9 Å². The summed E-state index contributed by atoms with van der Waals surface area (Å²) in [5.41, 5.74) is 0. The van der Waals surface area contributed by atoms with E-state index < -0.39 is 6.29 Å². The lowest BCUT2D eigenvalue weighted by Crippen LogP contribution is -2.02. The predicted molar refractivity (Wildman–Crippen MR) is 43.9 cm³/mol. The third kappa shape index (κ3) is 2.13. The smallest absolute Gasteiger partial charge is 0.210 e. The molecule has 0 fully saturated rings. The molecule has 11 heavy (non-hydrogen) atoms. The minimum Gasteiger partial charge on any atom is -0.350 e. The van der Waals surface area contributed by atoms with Crippen LogP contribution in [0.3, 0.4) is 0 Å². The van der Waals surface area contributed by atoms with E-state index >= 15 is 0 Å². The molecule has 0 radical (unpaired) electrons. The second-order valence-corrected chi connectivity index (χ2v) is 3.50. The molecule has 0 saturated carbocycles. The molecule has 0 aliphatic heterocycles. The van der Waals surface area contributed by atoms with Crippen LogP contribution in [0.25, 0.3) is 0 Å². The first-order valence-electron chi connectivity index (χ1n) is 2.94. The summed E-state index contributed by atoms with van der Waals surface area (Å²) in [7, 11) is 3.12. The van der Waals surface area contributed by atoms with Crippen molar-refractivity contribution in [1.82, 2.24) is 4.98 Å². The van der Waals surface area contributed by atoms with Gasteiger partial charge in [0.2, 0.25) is 6.29 Å². The van der Waals surface area contributed by atoms with E-state index in [0.717, 1.165) is 5.01 Å². The maximum absolute atomic E-state index is 5.66. The van der Waals surface area contributed by atoms with E-state index in [1.807, 2.05) is 0 Å². The minimum atomic E-state index is -0.396. The molecular formula is C6H8ClNO2S. The van der Waals surface area contributed by atoms with Gasteiger partial charge in [-0.15, -0.1) is 11.3 Å². The molecule has 1 rings (SSSR count). The molecule has 0 unspecified atom stereocenters. The number of hydrogen-bond donors (Lipinski definition) is 0. The maximum Gasteiger partial charge on any atom is 0.210 e. The van der Waals surface area contributed by atoms with Gasteiger partial charge in [-0.2, -0.15) is 0 Å². The minimum absolute atomic E-state index is 0.396. The Morgan fingerprint density at radius 3 is 2.55 bits per heavy atom. The molecule has 0 saturated heterocycles. The van der Waals surface area contributed by atoms with E-state index in [0.29, 0.717) is 4.34 Å². The van der Waals surface area contributed by atoms with Gasteiger partial charge in [-0.3, -0.25) is 0 Å². The van der Waals surface area contributed by atoms with Gasteiger partial charge in [0.1, 0.15) is 4.34 Å². The molecule has 0 bridgehead atoms. The fourth-order valence-electron chi connectivity index (χ4n) is 0.674. The first kappa shape index (κ1) is 8.93. The van der Waals surface area contributed by atoms with Crippen LogP contribution in [0.2, 0.25) is 4.34 Å². The second kappa shape index (κ2) is 4.01. The van der Waals surface area contributed by atoms with Gasteiger partial charge < -0.3 is 9.47 Å². The zero-order valence-electron chi connectivity index (χ0n) is 6.20. The fourth-order valence-corrected chi connectivity index (χ4v) is 1.66. The van der Waals surface area contributed by atoms with Crippen LogP contribution in [-0.2, 0) is 9.47 Å². The summed E-state index contributed by atoms with van der Waals surface area (Å²) >= 11 is 7.01. The van der Waals surface area contributed by atoms with Crippen LogP contribution in [-0.4, -0.2) is 19.2 Å². The highest BCUT2D eigenvalue weighted by molar-refractivity contribution is 7.15. The average molecular weight is 194 g/mol. The molecule has 0 aromatic carbocycles. The van der Waals surface area contributed by atoms with Crippen molar-refractivity contribution in [2.24, 2.45) is 0 Å². The van der Waals surface area contributed by atoms with Crippen LogP contribution >= 0.6 is 22.9 Å². The van der Waals surface area contributed by atoms with E-state index in [2.05, 4.69) is 4.98 Å². The third-order valence-electron chi connectivity index (χ3n) is 1.13. The van der Waals surface area contributed by atoms with Gasteiger partial charge in [0.25, 0.3) is 0 Å². The van der Waals surface area contributed by atoms with Crippen LogP contribution < -0.4 is 0 Å². The summed E-state index contributed by atoms with van der Waals surface area (Å²) in [6, 6.07) is 0. The van der Waals surface area contributed by atoms with Crippen molar-refractivity contribution < 1.29 is 9.47 Å². The molecular weight excluding hydrogens is 186 g/mol. The lowest BCUT2D eigenvalue weighted by atomic mass is 10.7. The van der Waals surface area contributed by atoms with E-state index in [1.54, 1.807) is 20.4 Å². The van der Waals surface area contributed by atoms with Crippen molar-refractivity contribution in [3.8, 4) is 0 Å². The Morgan fingerprint density at radius 2 is 2.18 bits per heavy atom. The summed E-state index contributed by atoms with van der Waals surface area (Å²) in [5.74, 6) is 0. The Labute approximate surface area is 73.9 Å². The van der Waals surface area contributed by atoms with Crippen molar-refractivity contribution in [3.63, 3.8) is 0 Å². The summed E-state index contributed by atoms with van der Waals surface area (Å²) in [4.78, 5) is 3.99. The number of ether oxygens (including phenoxy) is 2. The van der Waals surface area contributed by atoms with Crippen molar-refractivity contribution in [1.29, 1.82) is 0 Å². The average Bonchev–Trinajstić information content (AvgIpc) is 2.39. The van der Waals surface area contributed by atoms with E-state index in [4.69, 9.17) is 21.1 Å². The van der Waals surface area contributed by atoms with E-state index in [-0.39, 0.29) is 0 Å². The normalized spacial score (nSPS) is 10.9. The largest absolute Gasteiger partial charge is 0.350 e. The Hall–Kier alpha value is -0.160. The number of rotatable bonds is 3. The van der Waals surface area contributed by atoms with Gasteiger partial charge in [0, 0.05) is 14.2 Å². The topological polar surface area (TPSA) is 31.4 Å². The second-order valence-electron chi connectivity index (χ2n) is 1.81. The van der Waals surface area contributed by atoms with Crippen LogP contribution in [0.5, 0.6) is 0 Å². The SMILES string of the molecule is COC(OC)c1ncc(Cl)s1. The molecule has 0 spiro atoms. The fraction of sp³-hybridized carbons (Fsp3) is 0.500.